The Hall–Kier alpha value is -1.75. The van der Waals surface area contributed by atoms with Gasteiger partial charge in [0.25, 0.3) is 5.91 Å². The zero-order valence-corrected chi connectivity index (χ0v) is 10.1. The summed E-state index contributed by atoms with van der Waals surface area (Å²) in [5, 5.41) is 12.0. The van der Waals surface area contributed by atoms with Gasteiger partial charge in [-0.25, -0.2) is 0 Å². The predicted molar refractivity (Wildman–Crippen MR) is 68.5 cm³/mol. The van der Waals surface area contributed by atoms with Crippen LogP contribution in [0.25, 0.3) is 0 Å². The van der Waals surface area contributed by atoms with Crippen molar-refractivity contribution < 1.29 is 9.90 Å². The minimum atomic E-state index is -0.450. The first-order valence-electron chi connectivity index (χ1n) is 5.54. The van der Waals surface area contributed by atoms with Gasteiger partial charge in [-0.2, -0.15) is 0 Å². The molecule has 2 atom stereocenters. The van der Waals surface area contributed by atoms with E-state index in [-0.39, 0.29) is 11.9 Å². The molecule has 0 bridgehead atoms. The predicted octanol–water partition coefficient (Wildman–Crippen LogP) is 0.740. The van der Waals surface area contributed by atoms with Crippen molar-refractivity contribution >= 4 is 17.3 Å². The molecule has 0 aliphatic heterocycles. The molecule has 0 fully saturated rings. The highest BCUT2D eigenvalue weighted by molar-refractivity contribution is 5.99. The number of amides is 1. The summed E-state index contributed by atoms with van der Waals surface area (Å²) >= 11 is 0. The Morgan fingerprint density at radius 3 is 2.59 bits per heavy atom. The van der Waals surface area contributed by atoms with Crippen LogP contribution in [0, 0.1) is 0 Å². The molecule has 1 amide bonds. The molecule has 5 nitrogen and oxygen atoms in total. The number of carbonyl (C=O) groups excluding carboxylic acids is 1. The number of aliphatic hydroxyl groups is 1. The zero-order chi connectivity index (χ0) is 13.0. The van der Waals surface area contributed by atoms with Crippen LogP contribution in [0.1, 0.15) is 30.6 Å². The molecule has 1 aromatic carbocycles. The van der Waals surface area contributed by atoms with Gasteiger partial charge in [0.2, 0.25) is 0 Å². The largest absolute Gasteiger partial charge is 0.399 e. The maximum absolute atomic E-state index is 11.9. The Morgan fingerprint density at radius 1 is 1.41 bits per heavy atom. The van der Waals surface area contributed by atoms with Gasteiger partial charge in [-0.05, 0) is 38.5 Å². The van der Waals surface area contributed by atoms with Gasteiger partial charge in [-0.15, -0.1) is 0 Å². The molecule has 6 N–H and O–H groups in total. The van der Waals surface area contributed by atoms with Crippen molar-refractivity contribution in [3.8, 4) is 0 Å². The van der Waals surface area contributed by atoms with Crippen molar-refractivity contribution in [1.82, 2.24) is 5.32 Å². The van der Waals surface area contributed by atoms with E-state index in [1.54, 1.807) is 25.1 Å². The summed E-state index contributed by atoms with van der Waals surface area (Å²) in [6, 6.07) is 4.66. The summed E-state index contributed by atoms with van der Waals surface area (Å²) in [6.45, 7) is 3.51. The minimum absolute atomic E-state index is 0.112. The molecular formula is C12H19N3O2. The molecule has 0 heterocycles. The van der Waals surface area contributed by atoms with E-state index in [2.05, 4.69) is 5.32 Å². The van der Waals surface area contributed by atoms with Gasteiger partial charge in [-0.1, -0.05) is 0 Å². The molecule has 0 aliphatic rings. The third kappa shape index (κ3) is 3.96. The number of carbonyl (C=O) groups is 1. The number of anilines is 2. The zero-order valence-electron chi connectivity index (χ0n) is 10.1. The minimum Gasteiger partial charge on any atom is -0.399 e. The number of rotatable bonds is 4. The van der Waals surface area contributed by atoms with Crippen LogP contribution in [0.3, 0.4) is 0 Å². The summed E-state index contributed by atoms with van der Waals surface area (Å²) in [4.78, 5) is 11.9. The third-order valence-electron chi connectivity index (χ3n) is 2.39. The van der Waals surface area contributed by atoms with Crippen molar-refractivity contribution in [3.05, 3.63) is 23.8 Å². The van der Waals surface area contributed by atoms with Crippen molar-refractivity contribution in [2.75, 3.05) is 11.5 Å². The van der Waals surface area contributed by atoms with E-state index in [0.29, 0.717) is 23.4 Å². The molecule has 1 rings (SSSR count). The lowest BCUT2D eigenvalue weighted by atomic mass is 10.1. The van der Waals surface area contributed by atoms with Crippen LogP contribution in [-0.4, -0.2) is 23.2 Å². The molecule has 0 saturated carbocycles. The highest BCUT2D eigenvalue weighted by Gasteiger charge is 2.13. The fraction of sp³-hybridized carbons (Fsp3) is 0.417. The molecule has 1 aromatic rings. The molecule has 0 saturated heterocycles. The Morgan fingerprint density at radius 2 is 2.06 bits per heavy atom. The molecule has 5 heteroatoms. The van der Waals surface area contributed by atoms with Crippen molar-refractivity contribution in [1.29, 1.82) is 0 Å². The van der Waals surface area contributed by atoms with Crippen LogP contribution in [0.2, 0.25) is 0 Å². The topological polar surface area (TPSA) is 101 Å². The van der Waals surface area contributed by atoms with Gasteiger partial charge < -0.3 is 21.9 Å². The average molecular weight is 237 g/mol. The fourth-order valence-corrected chi connectivity index (χ4v) is 1.66. The maximum Gasteiger partial charge on any atom is 0.253 e. The number of nitrogens with two attached hydrogens (primary N) is 2. The lowest BCUT2D eigenvalue weighted by Gasteiger charge is -2.16. The fourth-order valence-electron chi connectivity index (χ4n) is 1.66. The van der Waals surface area contributed by atoms with Gasteiger partial charge in [-0.3, -0.25) is 4.79 Å². The van der Waals surface area contributed by atoms with Crippen LogP contribution in [0.4, 0.5) is 11.4 Å². The SMILES string of the molecule is CC(O)CC(C)NC(=O)c1ccc(N)cc1N. The van der Waals surface area contributed by atoms with E-state index >= 15 is 0 Å². The summed E-state index contributed by atoms with van der Waals surface area (Å²) in [5.41, 5.74) is 12.5. The highest BCUT2D eigenvalue weighted by Crippen LogP contribution is 2.15. The number of hydrogen-bond donors (Lipinski definition) is 4. The standard InChI is InChI=1S/C12H19N3O2/c1-7(5-8(2)16)15-12(17)10-4-3-9(13)6-11(10)14/h3-4,6-8,16H,5,13-14H2,1-2H3,(H,15,17). The van der Waals surface area contributed by atoms with E-state index in [9.17, 15) is 9.90 Å². The van der Waals surface area contributed by atoms with E-state index in [1.165, 1.54) is 0 Å². The second-order valence-corrected chi connectivity index (χ2v) is 4.31. The van der Waals surface area contributed by atoms with Crippen LogP contribution in [0.5, 0.6) is 0 Å². The molecule has 0 spiro atoms. The third-order valence-corrected chi connectivity index (χ3v) is 2.39. The van der Waals surface area contributed by atoms with Crippen LogP contribution < -0.4 is 16.8 Å². The summed E-state index contributed by atoms with van der Waals surface area (Å²) in [5.74, 6) is -0.254. The Balaban J connectivity index is 2.70. The van der Waals surface area contributed by atoms with E-state index in [0.717, 1.165) is 0 Å². The van der Waals surface area contributed by atoms with Gasteiger partial charge in [0.15, 0.2) is 0 Å². The Bertz CT molecular complexity index is 405. The maximum atomic E-state index is 11.9. The van der Waals surface area contributed by atoms with E-state index in [4.69, 9.17) is 11.5 Å². The first-order chi connectivity index (χ1) is 7.90. The van der Waals surface area contributed by atoms with Gasteiger partial charge >= 0.3 is 0 Å². The average Bonchev–Trinajstić information content (AvgIpc) is 2.15. The summed E-state index contributed by atoms with van der Waals surface area (Å²) in [7, 11) is 0. The van der Waals surface area contributed by atoms with Crippen molar-refractivity contribution in [2.24, 2.45) is 0 Å². The van der Waals surface area contributed by atoms with Crippen molar-refractivity contribution in [2.45, 2.75) is 32.4 Å². The van der Waals surface area contributed by atoms with Crippen LogP contribution >= 0.6 is 0 Å². The first-order valence-corrected chi connectivity index (χ1v) is 5.54. The smallest absolute Gasteiger partial charge is 0.253 e. The van der Waals surface area contributed by atoms with Gasteiger partial charge in [0.05, 0.1) is 11.7 Å². The first kappa shape index (κ1) is 13.3. The van der Waals surface area contributed by atoms with Crippen LogP contribution in [-0.2, 0) is 0 Å². The van der Waals surface area contributed by atoms with Crippen LogP contribution in [0.15, 0.2) is 18.2 Å². The lowest BCUT2D eigenvalue weighted by molar-refractivity contribution is 0.0924. The Labute approximate surface area is 101 Å². The summed E-state index contributed by atoms with van der Waals surface area (Å²) < 4.78 is 0. The number of hydrogen-bond acceptors (Lipinski definition) is 4. The normalized spacial score (nSPS) is 14.1. The quantitative estimate of drug-likeness (QED) is 0.580. The molecule has 2 unspecified atom stereocenters. The number of nitrogen functional groups attached to an aromatic ring is 2. The monoisotopic (exact) mass is 237 g/mol. The molecule has 0 aliphatic carbocycles. The second-order valence-electron chi connectivity index (χ2n) is 4.31. The molecular weight excluding hydrogens is 218 g/mol. The summed E-state index contributed by atoms with van der Waals surface area (Å²) in [6.07, 6.45) is 0.0507. The number of benzene rings is 1. The van der Waals surface area contributed by atoms with Gasteiger partial charge in [0, 0.05) is 17.4 Å². The molecule has 94 valence electrons. The highest BCUT2D eigenvalue weighted by atomic mass is 16.3. The number of aliphatic hydroxyl groups excluding tert-OH is 1. The molecule has 17 heavy (non-hydrogen) atoms. The van der Waals surface area contributed by atoms with Crippen molar-refractivity contribution in [3.63, 3.8) is 0 Å². The second kappa shape index (κ2) is 5.54. The number of nitrogens with one attached hydrogen (secondary N) is 1. The van der Waals surface area contributed by atoms with E-state index in [1.807, 2.05) is 6.92 Å². The Kier molecular flexibility index (Phi) is 4.34. The molecule has 0 radical (unpaired) electrons. The van der Waals surface area contributed by atoms with Gasteiger partial charge in [0.1, 0.15) is 0 Å². The lowest BCUT2D eigenvalue weighted by Crippen LogP contribution is -2.35. The van der Waals surface area contributed by atoms with E-state index < -0.39 is 6.10 Å². The molecule has 0 aromatic heterocycles.